The van der Waals surface area contributed by atoms with Gasteiger partial charge in [0.25, 0.3) is 0 Å². The van der Waals surface area contributed by atoms with E-state index < -0.39 is 28.7 Å². The third-order valence-corrected chi connectivity index (χ3v) is 8.85. The largest absolute Gasteiger partial charge is 0.436 e. The average Bonchev–Trinajstić information content (AvgIpc) is 3.43. The summed E-state index contributed by atoms with van der Waals surface area (Å²) in [5.41, 5.74) is 1.30. The van der Waals surface area contributed by atoms with E-state index in [0.717, 1.165) is 53.8 Å². The maximum atomic E-state index is 13.4. The smallest absolute Gasteiger partial charge is 0.413 e. The summed E-state index contributed by atoms with van der Waals surface area (Å²) in [5, 5.41) is 6.80. The van der Waals surface area contributed by atoms with E-state index in [4.69, 9.17) is 4.74 Å². The van der Waals surface area contributed by atoms with Crippen LogP contribution in [0.3, 0.4) is 0 Å². The van der Waals surface area contributed by atoms with E-state index in [0.29, 0.717) is 10.9 Å². The Morgan fingerprint density at radius 2 is 1.95 bits per heavy atom. The van der Waals surface area contributed by atoms with E-state index in [1.807, 2.05) is 6.07 Å². The molecule has 0 aliphatic carbocycles. The summed E-state index contributed by atoms with van der Waals surface area (Å²) in [4.78, 5) is 14.3. The molecular weight excluding hydrogens is 541 g/mol. The van der Waals surface area contributed by atoms with Gasteiger partial charge < -0.3 is 19.5 Å². The number of hydrogen-bond acceptors (Lipinski definition) is 7. The molecule has 2 aromatic heterocycles. The lowest BCUT2D eigenvalue weighted by Crippen LogP contribution is -2.36. The summed E-state index contributed by atoms with van der Waals surface area (Å²) in [5.74, 6) is 5.30. The molecule has 1 aliphatic heterocycles. The van der Waals surface area contributed by atoms with Gasteiger partial charge in [-0.25, -0.2) is 13.2 Å². The van der Waals surface area contributed by atoms with Crippen molar-refractivity contribution in [3.63, 3.8) is 0 Å². The maximum Gasteiger partial charge on any atom is 0.413 e. The molecule has 1 saturated heterocycles. The number of hydrogen-bond donors (Lipinski definition) is 2. The summed E-state index contributed by atoms with van der Waals surface area (Å²) in [6, 6.07) is 9.83. The van der Waals surface area contributed by atoms with Crippen LogP contribution in [0.4, 0.5) is 28.7 Å². The van der Waals surface area contributed by atoms with Crippen LogP contribution in [0.15, 0.2) is 40.6 Å². The molecule has 3 aromatic rings. The molecule has 0 spiro atoms. The summed E-state index contributed by atoms with van der Waals surface area (Å²) < 4.78 is 69.5. The molecule has 8 nitrogen and oxygen atoms in total. The number of nitrogens with zero attached hydrogens (tertiary/aromatic N) is 2. The molecule has 1 aliphatic rings. The highest BCUT2D eigenvalue weighted by Crippen LogP contribution is 2.31. The van der Waals surface area contributed by atoms with Gasteiger partial charge in [0.05, 0.1) is 16.2 Å². The predicted octanol–water partition coefficient (Wildman–Crippen LogP) is 4.77. The standard InChI is InChI=1S/C25H27F3N4O4S2/c1-31-12-10-17(11-13-31)29-20-6-3-7-21-19(20)15-18(32(21)16-25(26,27)28)5-4-14-36-24(33)30-22-8-9-23(37-22)38(2,34)35/h3,6-9,15,17,29H,10-14,16H2,1-2H3,(H,30,33). The predicted molar refractivity (Wildman–Crippen MR) is 141 cm³/mol. The highest BCUT2D eigenvalue weighted by Gasteiger charge is 2.30. The Morgan fingerprint density at radius 1 is 1.21 bits per heavy atom. The number of halogens is 3. The van der Waals surface area contributed by atoms with E-state index in [1.165, 1.54) is 12.1 Å². The number of carbonyl (C=O) groups is 1. The normalized spacial score (nSPS) is 15.2. The van der Waals surface area contributed by atoms with Crippen LogP contribution in [0.25, 0.3) is 10.9 Å². The minimum atomic E-state index is -4.46. The Morgan fingerprint density at radius 3 is 2.61 bits per heavy atom. The Hall–Kier alpha value is -3.21. The van der Waals surface area contributed by atoms with Crippen LogP contribution in [0.2, 0.25) is 0 Å². The zero-order chi connectivity index (χ0) is 27.5. The quantitative estimate of drug-likeness (QED) is 0.416. The molecule has 0 unspecified atom stereocenters. The number of aromatic nitrogens is 1. The lowest BCUT2D eigenvalue weighted by atomic mass is 10.0. The number of likely N-dealkylation sites (tertiary alicyclic amines) is 1. The van der Waals surface area contributed by atoms with Crippen LogP contribution >= 0.6 is 11.3 Å². The SMILES string of the molecule is CN1CCC(Nc2cccc3c2cc(C#CCOC(=O)Nc2ccc(S(C)(=O)=O)s2)n3CC(F)(F)F)CC1. The second-order valence-electron chi connectivity index (χ2n) is 9.08. The van der Waals surface area contributed by atoms with Gasteiger partial charge in [0.1, 0.15) is 10.8 Å². The first kappa shape index (κ1) is 27.8. The zero-order valence-corrected chi connectivity index (χ0v) is 22.4. The third kappa shape index (κ3) is 7.21. The van der Waals surface area contributed by atoms with Crippen molar-refractivity contribution in [1.29, 1.82) is 0 Å². The first-order valence-corrected chi connectivity index (χ1v) is 14.5. The molecule has 38 heavy (non-hydrogen) atoms. The van der Waals surface area contributed by atoms with Gasteiger partial charge in [0, 0.05) is 23.4 Å². The van der Waals surface area contributed by atoms with Crippen molar-refractivity contribution in [3.05, 3.63) is 42.1 Å². The minimum absolute atomic E-state index is 0.0924. The van der Waals surface area contributed by atoms with Crippen molar-refractivity contribution in [3.8, 4) is 11.8 Å². The number of rotatable bonds is 6. The molecule has 0 bridgehead atoms. The van der Waals surface area contributed by atoms with Crippen LogP contribution in [-0.4, -0.2) is 69.2 Å². The first-order chi connectivity index (χ1) is 17.9. The van der Waals surface area contributed by atoms with E-state index in [1.54, 1.807) is 18.2 Å². The third-order valence-electron chi connectivity index (χ3n) is 6.03. The van der Waals surface area contributed by atoms with E-state index in [9.17, 15) is 26.4 Å². The van der Waals surface area contributed by atoms with Crippen molar-refractivity contribution < 1.29 is 31.1 Å². The molecule has 0 saturated carbocycles. The van der Waals surface area contributed by atoms with Crippen molar-refractivity contribution in [2.24, 2.45) is 0 Å². The summed E-state index contributed by atoms with van der Waals surface area (Å²) >= 11 is 0.873. The Labute approximate surface area is 222 Å². The summed E-state index contributed by atoms with van der Waals surface area (Å²) in [6.45, 7) is 0.307. The number of alkyl halides is 3. The molecule has 1 amide bonds. The van der Waals surface area contributed by atoms with Crippen LogP contribution < -0.4 is 10.6 Å². The van der Waals surface area contributed by atoms with Crippen molar-refractivity contribution in [1.82, 2.24) is 9.47 Å². The van der Waals surface area contributed by atoms with Crippen molar-refractivity contribution >= 4 is 48.9 Å². The van der Waals surface area contributed by atoms with Crippen LogP contribution in [0.1, 0.15) is 18.5 Å². The van der Waals surface area contributed by atoms with Crippen LogP contribution in [-0.2, 0) is 21.1 Å². The Kier molecular flexibility index (Phi) is 8.25. The van der Waals surface area contributed by atoms with Gasteiger partial charge in [-0.15, -0.1) is 11.3 Å². The monoisotopic (exact) mass is 568 g/mol. The zero-order valence-electron chi connectivity index (χ0n) is 20.8. The number of amides is 1. The number of thiophene rings is 1. The minimum Gasteiger partial charge on any atom is -0.436 e. The number of nitrogens with one attached hydrogen (secondary N) is 2. The number of sulfone groups is 1. The van der Waals surface area contributed by atoms with Gasteiger partial charge in [-0.1, -0.05) is 12.0 Å². The number of benzene rings is 1. The second-order valence-corrected chi connectivity index (χ2v) is 12.4. The molecule has 1 aromatic carbocycles. The Bertz CT molecular complexity index is 1480. The highest BCUT2D eigenvalue weighted by molar-refractivity contribution is 7.92. The topological polar surface area (TPSA) is 92.7 Å². The molecule has 3 heterocycles. The fraction of sp³-hybridized carbons (Fsp3) is 0.400. The van der Waals surface area contributed by atoms with Gasteiger partial charge in [-0.3, -0.25) is 5.32 Å². The van der Waals surface area contributed by atoms with Gasteiger partial charge in [0.15, 0.2) is 16.4 Å². The van der Waals surface area contributed by atoms with E-state index >= 15 is 0 Å². The molecule has 204 valence electrons. The maximum absolute atomic E-state index is 13.4. The summed E-state index contributed by atoms with van der Waals surface area (Å²) in [7, 11) is -1.34. The number of fused-ring (bicyclic) bond motifs is 1. The first-order valence-electron chi connectivity index (χ1n) is 11.8. The second kappa shape index (κ2) is 11.3. The van der Waals surface area contributed by atoms with Crippen molar-refractivity contribution in [2.75, 3.05) is 43.6 Å². The number of ether oxygens (including phenoxy) is 1. The van der Waals surface area contributed by atoms with Crippen LogP contribution in [0.5, 0.6) is 0 Å². The molecule has 1 fully saturated rings. The molecule has 0 atom stereocenters. The molecule has 0 radical (unpaired) electrons. The van der Waals surface area contributed by atoms with Gasteiger partial charge in [-0.2, -0.15) is 13.2 Å². The fourth-order valence-corrected chi connectivity index (χ4v) is 6.00. The molecular formula is C25H27F3N4O4S2. The molecule has 13 heteroatoms. The number of carbonyl (C=O) groups excluding carboxylic acids is 1. The summed E-state index contributed by atoms with van der Waals surface area (Å²) in [6.07, 6.45) is -2.39. The average molecular weight is 569 g/mol. The van der Waals surface area contributed by atoms with Crippen molar-refractivity contribution in [2.45, 2.75) is 35.8 Å². The fourth-order valence-electron chi connectivity index (χ4n) is 4.19. The Balaban J connectivity index is 1.49. The molecule has 2 N–H and O–H groups in total. The molecule has 4 rings (SSSR count). The van der Waals surface area contributed by atoms with Crippen LogP contribution in [0, 0.1) is 11.8 Å². The highest BCUT2D eigenvalue weighted by atomic mass is 32.2. The van der Waals surface area contributed by atoms with Gasteiger partial charge in [-0.05, 0) is 69.2 Å². The van der Waals surface area contributed by atoms with Gasteiger partial charge >= 0.3 is 12.3 Å². The van der Waals surface area contributed by atoms with Gasteiger partial charge in [0.2, 0.25) is 0 Å². The number of anilines is 2. The number of piperidine rings is 1. The van der Waals surface area contributed by atoms with E-state index in [2.05, 4.69) is 34.4 Å². The lowest BCUT2D eigenvalue weighted by molar-refractivity contribution is -0.140. The lowest BCUT2D eigenvalue weighted by Gasteiger charge is -2.30. The van der Waals surface area contributed by atoms with E-state index in [-0.39, 0.29) is 27.6 Å².